The largest absolute Gasteiger partial charge is 0.349 e. The van der Waals surface area contributed by atoms with E-state index in [1.54, 1.807) is 18.2 Å². The summed E-state index contributed by atoms with van der Waals surface area (Å²) in [6.07, 6.45) is 1.57. The Labute approximate surface area is 159 Å². The Bertz CT molecular complexity index is 984. The van der Waals surface area contributed by atoms with E-state index < -0.39 is 0 Å². The Morgan fingerprint density at radius 2 is 2.00 bits per heavy atom. The Hall–Kier alpha value is -2.94. The summed E-state index contributed by atoms with van der Waals surface area (Å²) in [5, 5.41) is 11.0. The van der Waals surface area contributed by atoms with E-state index in [9.17, 15) is 14.0 Å². The van der Waals surface area contributed by atoms with Crippen LogP contribution in [0.1, 0.15) is 28.7 Å². The third-order valence-corrected chi connectivity index (χ3v) is 4.63. The van der Waals surface area contributed by atoms with Crippen molar-refractivity contribution in [2.45, 2.75) is 26.3 Å². The third-order valence-electron chi connectivity index (χ3n) is 3.86. The van der Waals surface area contributed by atoms with E-state index in [0.29, 0.717) is 28.2 Å². The fourth-order valence-corrected chi connectivity index (χ4v) is 3.15. The van der Waals surface area contributed by atoms with Crippen LogP contribution in [-0.4, -0.2) is 31.8 Å². The van der Waals surface area contributed by atoms with Crippen LogP contribution in [0.15, 0.2) is 41.2 Å². The van der Waals surface area contributed by atoms with Crippen LogP contribution in [0.2, 0.25) is 0 Å². The number of aryl methyl sites for hydroxylation is 1. The van der Waals surface area contributed by atoms with Crippen molar-refractivity contribution in [1.29, 1.82) is 0 Å². The number of nitrogens with one attached hydrogen (secondary N) is 1. The average molecular weight is 387 g/mol. The van der Waals surface area contributed by atoms with Gasteiger partial charge in [0.1, 0.15) is 10.7 Å². The number of amides is 1. The van der Waals surface area contributed by atoms with Gasteiger partial charge in [0.05, 0.1) is 17.9 Å². The molecule has 1 N–H and O–H groups in total. The smallest absolute Gasteiger partial charge is 0.266 e. The highest BCUT2D eigenvalue weighted by Gasteiger charge is 2.15. The van der Waals surface area contributed by atoms with E-state index >= 15 is 0 Å². The van der Waals surface area contributed by atoms with Gasteiger partial charge in [0, 0.05) is 18.2 Å². The highest BCUT2D eigenvalue weighted by molar-refractivity contribution is 7.08. The molecule has 0 aliphatic rings. The quantitative estimate of drug-likeness (QED) is 0.672. The van der Waals surface area contributed by atoms with E-state index in [2.05, 4.69) is 20.0 Å². The first kappa shape index (κ1) is 18.8. The van der Waals surface area contributed by atoms with Crippen molar-refractivity contribution in [2.75, 3.05) is 6.54 Å². The van der Waals surface area contributed by atoms with E-state index in [1.165, 1.54) is 22.9 Å². The Balaban J connectivity index is 1.66. The molecule has 0 bridgehead atoms. The van der Waals surface area contributed by atoms with Crippen molar-refractivity contribution in [1.82, 2.24) is 24.7 Å². The Kier molecular flexibility index (Phi) is 6.02. The molecular formula is C18H18FN5O2S. The normalized spacial score (nSPS) is 10.7. The minimum atomic E-state index is -0.338. The molecule has 0 radical (unpaired) electrons. The summed E-state index contributed by atoms with van der Waals surface area (Å²) in [5.41, 5.74) is 1.67. The van der Waals surface area contributed by atoms with Gasteiger partial charge < -0.3 is 5.32 Å². The van der Waals surface area contributed by atoms with E-state index in [-0.39, 0.29) is 30.4 Å². The summed E-state index contributed by atoms with van der Waals surface area (Å²) in [4.78, 5) is 24.8. The molecule has 7 nitrogen and oxygen atoms in total. The molecule has 0 saturated carbocycles. The molecule has 2 aromatic heterocycles. The third kappa shape index (κ3) is 4.62. The molecule has 1 amide bonds. The second-order valence-electron chi connectivity index (χ2n) is 5.84. The molecule has 1 aromatic carbocycles. The van der Waals surface area contributed by atoms with Gasteiger partial charge in [0.25, 0.3) is 11.5 Å². The van der Waals surface area contributed by atoms with Gasteiger partial charge in [0.2, 0.25) is 0 Å². The number of nitrogens with zero attached hydrogens (tertiary/aromatic N) is 4. The maximum absolute atomic E-state index is 13.1. The first-order chi connectivity index (χ1) is 13.1. The zero-order valence-corrected chi connectivity index (χ0v) is 15.5. The molecule has 2 heterocycles. The number of carbonyl (C=O) groups is 1. The number of rotatable bonds is 7. The number of hydrogen-bond acceptors (Lipinski definition) is 6. The molecule has 0 spiro atoms. The van der Waals surface area contributed by atoms with Gasteiger partial charge in [-0.3, -0.25) is 9.59 Å². The van der Waals surface area contributed by atoms with Crippen molar-refractivity contribution < 1.29 is 9.18 Å². The van der Waals surface area contributed by atoms with Crippen molar-refractivity contribution in [3.63, 3.8) is 0 Å². The van der Waals surface area contributed by atoms with Gasteiger partial charge in [-0.05, 0) is 48.3 Å². The first-order valence-electron chi connectivity index (χ1n) is 8.52. The summed E-state index contributed by atoms with van der Waals surface area (Å²) in [5.74, 6) is -0.592. The van der Waals surface area contributed by atoms with Crippen molar-refractivity contribution in [2.24, 2.45) is 0 Å². The highest BCUT2D eigenvalue weighted by atomic mass is 32.1. The average Bonchev–Trinajstić information content (AvgIpc) is 3.13. The van der Waals surface area contributed by atoms with Crippen LogP contribution in [0.3, 0.4) is 0 Å². The lowest BCUT2D eigenvalue weighted by Crippen LogP contribution is -2.32. The van der Waals surface area contributed by atoms with Crippen LogP contribution in [-0.2, 0) is 13.0 Å². The van der Waals surface area contributed by atoms with E-state index in [4.69, 9.17) is 0 Å². The maximum atomic E-state index is 13.1. The fourth-order valence-electron chi connectivity index (χ4n) is 2.52. The van der Waals surface area contributed by atoms with Gasteiger partial charge in [0.15, 0.2) is 0 Å². The molecule has 0 unspecified atom stereocenters. The second-order valence-corrected chi connectivity index (χ2v) is 6.60. The molecule has 9 heteroatoms. The standard InChI is InChI=1S/C18H18FN5O2S/c1-2-3-15-17(27-23-21-15)18(26)20-10-11-24-16(25)9-8-14(22-24)12-4-6-13(19)7-5-12/h4-9H,2-3,10-11H2,1H3,(H,20,26). The molecule has 0 aliphatic carbocycles. The van der Waals surface area contributed by atoms with Crippen molar-refractivity contribution in [3.8, 4) is 11.3 Å². The van der Waals surface area contributed by atoms with Crippen LogP contribution >= 0.6 is 11.5 Å². The molecule has 3 aromatic rings. The summed E-state index contributed by atoms with van der Waals surface area (Å²) in [6.45, 7) is 2.46. The zero-order valence-electron chi connectivity index (χ0n) is 14.7. The molecule has 0 atom stereocenters. The summed E-state index contributed by atoms with van der Waals surface area (Å²) in [6, 6.07) is 8.86. The van der Waals surface area contributed by atoms with E-state index in [1.807, 2.05) is 6.92 Å². The number of carbonyl (C=O) groups excluding carboxylic acids is 1. The molecule has 27 heavy (non-hydrogen) atoms. The maximum Gasteiger partial charge on any atom is 0.266 e. The predicted octanol–water partition coefficient (Wildman–Crippen LogP) is 2.28. The summed E-state index contributed by atoms with van der Waals surface area (Å²) < 4.78 is 18.2. The summed E-state index contributed by atoms with van der Waals surface area (Å²) >= 11 is 1.06. The SMILES string of the molecule is CCCc1nnsc1C(=O)NCCn1nc(-c2ccc(F)cc2)ccc1=O. The minimum Gasteiger partial charge on any atom is -0.349 e. The number of hydrogen-bond donors (Lipinski definition) is 1. The van der Waals surface area contributed by atoms with Crippen LogP contribution < -0.4 is 10.9 Å². The minimum absolute atomic E-state index is 0.217. The zero-order chi connectivity index (χ0) is 19.2. The molecule has 0 aliphatic heterocycles. The monoisotopic (exact) mass is 387 g/mol. The van der Waals surface area contributed by atoms with E-state index in [0.717, 1.165) is 18.0 Å². The van der Waals surface area contributed by atoms with Gasteiger partial charge in [-0.25, -0.2) is 9.07 Å². The topological polar surface area (TPSA) is 89.8 Å². The molecule has 0 fully saturated rings. The van der Waals surface area contributed by atoms with Gasteiger partial charge in [-0.2, -0.15) is 5.10 Å². The van der Waals surface area contributed by atoms with Crippen LogP contribution in [0, 0.1) is 5.82 Å². The predicted molar refractivity (Wildman–Crippen MR) is 100 cm³/mol. The molecule has 0 saturated heterocycles. The highest BCUT2D eigenvalue weighted by Crippen LogP contribution is 2.15. The fraction of sp³-hybridized carbons (Fsp3) is 0.278. The molecule has 140 valence electrons. The lowest BCUT2D eigenvalue weighted by atomic mass is 10.1. The van der Waals surface area contributed by atoms with Crippen molar-refractivity contribution >= 4 is 17.4 Å². The lowest BCUT2D eigenvalue weighted by Gasteiger charge is -2.08. The van der Waals surface area contributed by atoms with Gasteiger partial charge >= 0.3 is 0 Å². The number of aromatic nitrogens is 4. The second kappa shape index (κ2) is 8.63. The Morgan fingerprint density at radius 3 is 2.74 bits per heavy atom. The van der Waals surface area contributed by atoms with Crippen LogP contribution in [0.4, 0.5) is 4.39 Å². The van der Waals surface area contributed by atoms with Gasteiger partial charge in [-0.1, -0.05) is 17.8 Å². The number of benzene rings is 1. The Morgan fingerprint density at radius 1 is 1.22 bits per heavy atom. The van der Waals surface area contributed by atoms with Crippen LogP contribution in [0.5, 0.6) is 0 Å². The van der Waals surface area contributed by atoms with Crippen LogP contribution in [0.25, 0.3) is 11.3 Å². The number of halogens is 1. The van der Waals surface area contributed by atoms with Gasteiger partial charge in [-0.15, -0.1) is 5.10 Å². The lowest BCUT2D eigenvalue weighted by molar-refractivity contribution is 0.0954. The molecule has 3 rings (SSSR count). The van der Waals surface area contributed by atoms with Crippen molar-refractivity contribution in [3.05, 3.63) is 63.1 Å². The summed E-state index contributed by atoms with van der Waals surface area (Å²) in [7, 11) is 0. The molecular weight excluding hydrogens is 369 g/mol. The first-order valence-corrected chi connectivity index (χ1v) is 9.29.